The van der Waals surface area contributed by atoms with Gasteiger partial charge in [-0.15, -0.1) is 0 Å². The van der Waals surface area contributed by atoms with E-state index in [0.29, 0.717) is 12.0 Å². The Bertz CT molecular complexity index is 389. The molecule has 0 bridgehead atoms. The summed E-state index contributed by atoms with van der Waals surface area (Å²) in [4.78, 5) is 0. The lowest BCUT2D eigenvalue weighted by molar-refractivity contribution is 0.0872. The average Bonchev–Trinajstić information content (AvgIpc) is 3.04. The monoisotopic (exact) mass is 265 g/mol. The van der Waals surface area contributed by atoms with Crippen molar-refractivity contribution in [1.29, 1.82) is 0 Å². The first-order chi connectivity index (χ1) is 9.28. The number of nitrogens with zero attached hydrogens (tertiary/aromatic N) is 2. The van der Waals surface area contributed by atoms with Gasteiger partial charge >= 0.3 is 0 Å². The average molecular weight is 265 g/mol. The van der Waals surface area contributed by atoms with Gasteiger partial charge in [-0.25, -0.2) is 0 Å². The Morgan fingerprint density at radius 1 is 1.42 bits per heavy atom. The van der Waals surface area contributed by atoms with Gasteiger partial charge < -0.3 is 10.1 Å². The highest BCUT2D eigenvalue weighted by Gasteiger charge is 2.26. The van der Waals surface area contributed by atoms with Crippen LogP contribution in [-0.2, 0) is 24.2 Å². The Hall–Kier alpha value is -0.870. The third-order valence-electron chi connectivity index (χ3n) is 4.04. The zero-order chi connectivity index (χ0) is 13.7. The minimum absolute atomic E-state index is 0.454. The molecule has 1 aromatic heterocycles. The van der Waals surface area contributed by atoms with E-state index in [4.69, 9.17) is 4.74 Å². The summed E-state index contributed by atoms with van der Waals surface area (Å²) >= 11 is 0. The van der Waals surface area contributed by atoms with Crippen LogP contribution in [0, 0.1) is 5.92 Å². The minimum atomic E-state index is 0.454. The first kappa shape index (κ1) is 14.5. The van der Waals surface area contributed by atoms with Crippen LogP contribution in [0.4, 0.5) is 0 Å². The molecule has 1 N–H and O–H groups in total. The normalized spacial score (nSPS) is 23.1. The van der Waals surface area contributed by atoms with Crippen LogP contribution < -0.4 is 5.32 Å². The van der Waals surface area contributed by atoms with Crippen molar-refractivity contribution < 1.29 is 4.74 Å². The second-order valence-corrected chi connectivity index (χ2v) is 5.29. The van der Waals surface area contributed by atoms with Gasteiger partial charge in [0.2, 0.25) is 0 Å². The van der Waals surface area contributed by atoms with E-state index in [9.17, 15) is 0 Å². The fraction of sp³-hybridized carbons (Fsp3) is 0.800. The van der Waals surface area contributed by atoms with Crippen molar-refractivity contribution in [2.45, 2.75) is 59.2 Å². The molecule has 4 nitrogen and oxygen atoms in total. The maximum absolute atomic E-state index is 5.73. The predicted octanol–water partition coefficient (Wildman–Crippen LogP) is 2.37. The Balaban J connectivity index is 1.83. The lowest BCUT2D eigenvalue weighted by Gasteiger charge is -2.17. The maximum Gasteiger partial charge on any atom is 0.0625 e. The number of nitrogens with one attached hydrogen (secondary N) is 1. The summed E-state index contributed by atoms with van der Waals surface area (Å²) < 4.78 is 7.83. The number of hydrogen-bond acceptors (Lipinski definition) is 3. The summed E-state index contributed by atoms with van der Waals surface area (Å²) in [5, 5.41) is 8.16. The molecule has 1 saturated heterocycles. The molecule has 2 heterocycles. The quantitative estimate of drug-likeness (QED) is 0.822. The van der Waals surface area contributed by atoms with Gasteiger partial charge in [-0.1, -0.05) is 13.8 Å². The SMILES string of the molecule is CCc1cc(CNCC2CCOC2CC)n(CC)n1. The summed E-state index contributed by atoms with van der Waals surface area (Å²) in [5.74, 6) is 0.675. The van der Waals surface area contributed by atoms with E-state index in [2.05, 4.69) is 41.9 Å². The van der Waals surface area contributed by atoms with Crippen molar-refractivity contribution in [3.63, 3.8) is 0 Å². The summed E-state index contributed by atoms with van der Waals surface area (Å²) in [6.45, 7) is 10.3. The standard InChI is InChI=1S/C15H27N3O/c1-4-13-9-14(18(6-3)17-13)11-16-10-12-7-8-19-15(12)5-2/h9,12,15-16H,4-8,10-11H2,1-3H3. The van der Waals surface area contributed by atoms with Crippen LogP contribution in [-0.4, -0.2) is 29.0 Å². The van der Waals surface area contributed by atoms with Gasteiger partial charge in [-0.05, 0) is 38.2 Å². The van der Waals surface area contributed by atoms with Gasteiger partial charge in [0.25, 0.3) is 0 Å². The van der Waals surface area contributed by atoms with Crippen LogP contribution in [0.3, 0.4) is 0 Å². The van der Waals surface area contributed by atoms with Crippen molar-refractivity contribution in [2.75, 3.05) is 13.2 Å². The van der Waals surface area contributed by atoms with Crippen molar-refractivity contribution in [3.05, 3.63) is 17.5 Å². The molecule has 1 aliphatic heterocycles. The van der Waals surface area contributed by atoms with Gasteiger partial charge in [0.15, 0.2) is 0 Å². The highest BCUT2D eigenvalue weighted by Crippen LogP contribution is 2.22. The fourth-order valence-electron chi connectivity index (χ4n) is 2.87. The summed E-state index contributed by atoms with van der Waals surface area (Å²) in [6, 6.07) is 2.22. The Labute approximate surface area is 116 Å². The number of rotatable bonds is 7. The van der Waals surface area contributed by atoms with E-state index in [1.54, 1.807) is 0 Å². The van der Waals surface area contributed by atoms with Crippen molar-refractivity contribution in [2.24, 2.45) is 5.92 Å². The number of ether oxygens (including phenoxy) is 1. The molecule has 2 unspecified atom stereocenters. The van der Waals surface area contributed by atoms with Gasteiger partial charge in [-0.2, -0.15) is 5.10 Å². The van der Waals surface area contributed by atoms with E-state index < -0.39 is 0 Å². The van der Waals surface area contributed by atoms with Crippen LogP contribution in [0.25, 0.3) is 0 Å². The first-order valence-electron chi connectivity index (χ1n) is 7.66. The van der Waals surface area contributed by atoms with E-state index >= 15 is 0 Å². The van der Waals surface area contributed by atoms with E-state index in [1.165, 1.54) is 17.8 Å². The second-order valence-electron chi connectivity index (χ2n) is 5.29. The molecule has 0 saturated carbocycles. The molecule has 1 aromatic rings. The van der Waals surface area contributed by atoms with Gasteiger partial charge in [0.05, 0.1) is 17.5 Å². The van der Waals surface area contributed by atoms with Crippen molar-refractivity contribution >= 4 is 0 Å². The first-order valence-corrected chi connectivity index (χ1v) is 7.66. The highest BCUT2D eigenvalue weighted by atomic mass is 16.5. The largest absolute Gasteiger partial charge is 0.378 e. The molecule has 1 aliphatic rings. The Morgan fingerprint density at radius 3 is 2.95 bits per heavy atom. The van der Waals surface area contributed by atoms with E-state index in [0.717, 1.165) is 39.1 Å². The van der Waals surface area contributed by atoms with Crippen LogP contribution in [0.1, 0.15) is 45.0 Å². The van der Waals surface area contributed by atoms with Crippen molar-refractivity contribution in [3.8, 4) is 0 Å². The van der Waals surface area contributed by atoms with E-state index in [-0.39, 0.29) is 0 Å². The van der Waals surface area contributed by atoms with Crippen LogP contribution in [0.15, 0.2) is 6.07 Å². The smallest absolute Gasteiger partial charge is 0.0625 e. The van der Waals surface area contributed by atoms with Crippen LogP contribution in [0.5, 0.6) is 0 Å². The molecule has 19 heavy (non-hydrogen) atoms. The Morgan fingerprint density at radius 2 is 2.26 bits per heavy atom. The maximum atomic E-state index is 5.73. The molecular weight excluding hydrogens is 238 g/mol. The summed E-state index contributed by atoms with van der Waals surface area (Å²) in [5.41, 5.74) is 2.49. The molecule has 0 radical (unpaired) electrons. The van der Waals surface area contributed by atoms with Gasteiger partial charge in [0, 0.05) is 26.2 Å². The topological polar surface area (TPSA) is 39.1 Å². The number of aryl methyl sites for hydroxylation is 2. The molecule has 1 fully saturated rings. The Kier molecular flexibility index (Phi) is 5.40. The molecule has 2 atom stereocenters. The predicted molar refractivity (Wildman–Crippen MR) is 77.1 cm³/mol. The third kappa shape index (κ3) is 3.57. The fourth-order valence-corrected chi connectivity index (χ4v) is 2.87. The lowest BCUT2D eigenvalue weighted by atomic mass is 10.00. The molecular formula is C15H27N3O. The van der Waals surface area contributed by atoms with Gasteiger partial charge in [-0.3, -0.25) is 4.68 Å². The minimum Gasteiger partial charge on any atom is -0.378 e. The molecule has 0 aliphatic carbocycles. The summed E-state index contributed by atoms with van der Waals surface area (Å²) in [7, 11) is 0. The molecule has 0 aromatic carbocycles. The third-order valence-corrected chi connectivity index (χ3v) is 4.04. The lowest BCUT2D eigenvalue weighted by Crippen LogP contribution is -2.28. The zero-order valence-corrected chi connectivity index (χ0v) is 12.5. The van der Waals surface area contributed by atoms with Gasteiger partial charge in [0.1, 0.15) is 0 Å². The van der Waals surface area contributed by atoms with Crippen molar-refractivity contribution in [1.82, 2.24) is 15.1 Å². The second kappa shape index (κ2) is 7.06. The molecule has 108 valence electrons. The number of hydrogen-bond donors (Lipinski definition) is 1. The van der Waals surface area contributed by atoms with E-state index in [1.807, 2.05) is 0 Å². The van der Waals surface area contributed by atoms with Crippen LogP contribution in [0.2, 0.25) is 0 Å². The zero-order valence-electron chi connectivity index (χ0n) is 12.5. The molecule has 0 amide bonds. The highest BCUT2D eigenvalue weighted by molar-refractivity contribution is 5.10. The molecule has 4 heteroatoms. The number of aromatic nitrogens is 2. The van der Waals surface area contributed by atoms with Crippen LogP contribution >= 0.6 is 0 Å². The summed E-state index contributed by atoms with van der Waals surface area (Å²) in [6.07, 6.45) is 3.78. The molecule has 0 spiro atoms. The molecule has 2 rings (SSSR count).